The zero-order valence-corrected chi connectivity index (χ0v) is 14.2. The lowest BCUT2D eigenvalue weighted by Crippen LogP contribution is -2.10. The van der Waals surface area contributed by atoms with Gasteiger partial charge in [0, 0.05) is 6.21 Å². The second-order valence-corrected chi connectivity index (χ2v) is 6.40. The Morgan fingerprint density at radius 1 is 1.04 bits per heavy atom. The monoisotopic (exact) mass is 309 g/mol. The minimum Gasteiger partial charge on any atom is -0.462 e. The lowest BCUT2D eigenvalue weighted by molar-refractivity contribution is 0.0526. The number of nitrogens with zero attached hydrogens (tertiary/aromatic N) is 1. The smallest absolute Gasteiger partial charge is 0.338 e. The van der Waals surface area contributed by atoms with Crippen LogP contribution in [0.3, 0.4) is 0 Å². The number of rotatable bonds is 4. The van der Waals surface area contributed by atoms with Gasteiger partial charge in [0.1, 0.15) is 0 Å². The van der Waals surface area contributed by atoms with E-state index < -0.39 is 0 Å². The van der Waals surface area contributed by atoms with E-state index in [0.29, 0.717) is 12.2 Å². The zero-order valence-electron chi connectivity index (χ0n) is 14.2. The molecule has 0 amide bonds. The van der Waals surface area contributed by atoms with Gasteiger partial charge in [-0.25, -0.2) is 4.79 Å². The predicted octanol–water partition coefficient (Wildman–Crippen LogP) is 4.91. The van der Waals surface area contributed by atoms with Gasteiger partial charge >= 0.3 is 5.97 Å². The molecule has 0 saturated carbocycles. The molecule has 0 saturated heterocycles. The van der Waals surface area contributed by atoms with Crippen molar-refractivity contribution in [2.75, 3.05) is 6.61 Å². The first-order valence-electron chi connectivity index (χ1n) is 7.82. The van der Waals surface area contributed by atoms with Crippen molar-refractivity contribution >= 4 is 17.9 Å². The number of carbonyl (C=O) groups excluding carboxylic acids is 1. The zero-order chi connectivity index (χ0) is 16.9. The molecule has 23 heavy (non-hydrogen) atoms. The first kappa shape index (κ1) is 16.9. The SMILES string of the molecule is CCOC(=O)c1ccc(N=Cc2ccc(C(C)(C)C)cc2)cc1. The van der Waals surface area contributed by atoms with E-state index in [1.54, 1.807) is 19.1 Å². The number of aliphatic imine (C=N–C) groups is 1. The lowest BCUT2D eigenvalue weighted by atomic mass is 9.87. The van der Waals surface area contributed by atoms with Crippen LogP contribution in [0.5, 0.6) is 0 Å². The molecule has 3 nitrogen and oxygen atoms in total. The minimum absolute atomic E-state index is 0.151. The third-order valence-electron chi connectivity index (χ3n) is 3.52. The van der Waals surface area contributed by atoms with Crippen molar-refractivity contribution < 1.29 is 9.53 Å². The van der Waals surface area contributed by atoms with Gasteiger partial charge in [0.25, 0.3) is 0 Å². The number of hydrogen-bond acceptors (Lipinski definition) is 3. The summed E-state index contributed by atoms with van der Waals surface area (Å²) in [5, 5.41) is 0. The third kappa shape index (κ3) is 4.78. The Hall–Kier alpha value is -2.42. The Kier molecular flexibility index (Phi) is 5.32. The second kappa shape index (κ2) is 7.23. The standard InChI is InChI=1S/C20H23NO2/c1-5-23-19(22)16-8-12-18(13-9-16)21-14-15-6-10-17(11-7-15)20(2,3)4/h6-14H,5H2,1-4H3. The van der Waals surface area contributed by atoms with E-state index in [1.807, 2.05) is 18.3 Å². The molecule has 0 aliphatic rings. The summed E-state index contributed by atoms with van der Waals surface area (Å²) in [6.07, 6.45) is 1.83. The second-order valence-electron chi connectivity index (χ2n) is 6.40. The Balaban J connectivity index is 2.07. The van der Waals surface area contributed by atoms with Gasteiger partial charge in [-0.1, -0.05) is 45.0 Å². The molecule has 2 rings (SSSR count). The van der Waals surface area contributed by atoms with Crippen molar-refractivity contribution in [1.29, 1.82) is 0 Å². The van der Waals surface area contributed by atoms with E-state index in [4.69, 9.17) is 4.74 Å². The topological polar surface area (TPSA) is 38.7 Å². The Morgan fingerprint density at radius 2 is 1.65 bits per heavy atom. The fraction of sp³-hybridized carbons (Fsp3) is 0.300. The molecule has 2 aromatic rings. The van der Waals surface area contributed by atoms with Crippen molar-refractivity contribution in [2.45, 2.75) is 33.1 Å². The number of carbonyl (C=O) groups is 1. The van der Waals surface area contributed by atoms with Gasteiger partial charge in [-0.3, -0.25) is 4.99 Å². The summed E-state index contributed by atoms with van der Waals surface area (Å²) in [5.74, 6) is -0.305. The van der Waals surface area contributed by atoms with Gasteiger partial charge < -0.3 is 4.74 Å². The quantitative estimate of drug-likeness (QED) is 0.594. The van der Waals surface area contributed by atoms with Crippen LogP contribution in [0.15, 0.2) is 53.5 Å². The average molecular weight is 309 g/mol. The van der Waals surface area contributed by atoms with Crippen LogP contribution in [0, 0.1) is 0 Å². The molecule has 0 atom stereocenters. The van der Waals surface area contributed by atoms with Crippen molar-refractivity contribution in [2.24, 2.45) is 4.99 Å². The van der Waals surface area contributed by atoms with E-state index in [0.717, 1.165) is 11.3 Å². The highest BCUT2D eigenvalue weighted by Crippen LogP contribution is 2.22. The molecule has 0 aliphatic carbocycles. The number of ether oxygens (including phenoxy) is 1. The molecule has 0 aliphatic heterocycles. The Bertz CT molecular complexity index is 677. The molecule has 0 unspecified atom stereocenters. The van der Waals surface area contributed by atoms with Crippen molar-refractivity contribution in [3.05, 3.63) is 65.2 Å². The maximum atomic E-state index is 11.6. The predicted molar refractivity (Wildman–Crippen MR) is 94.8 cm³/mol. The fourth-order valence-corrected chi connectivity index (χ4v) is 2.12. The molecular weight excluding hydrogens is 286 g/mol. The van der Waals surface area contributed by atoms with Crippen LogP contribution >= 0.6 is 0 Å². The molecule has 3 heteroatoms. The summed E-state index contributed by atoms with van der Waals surface area (Å²) < 4.78 is 4.96. The van der Waals surface area contributed by atoms with Gasteiger partial charge in [0.05, 0.1) is 17.9 Å². The van der Waals surface area contributed by atoms with Crippen molar-refractivity contribution in [3.63, 3.8) is 0 Å². The molecule has 0 heterocycles. The molecular formula is C20H23NO2. The number of hydrogen-bond donors (Lipinski definition) is 0. The maximum Gasteiger partial charge on any atom is 0.338 e. The van der Waals surface area contributed by atoms with Gasteiger partial charge in [-0.2, -0.15) is 0 Å². The summed E-state index contributed by atoms with van der Waals surface area (Å²) in [5.41, 5.74) is 3.85. The van der Waals surface area contributed by atoms with Crippen LogP contribution in [-0.2, 0) is 10.2 Å². The van der Waals surface area contributed by atoms with E-state index in [1.165, 1.54) is 5.56 Å². The van der Waals surface area contributed by atoms with E-state index in [9.17, 15) is 4.79 Å². The molecule has 0 N–H and O–H groups in total. The first-order chi connectivity index (χ1) is 10.9. The minimum atomic E-state index is -0.305. The summed E-state index contributed by atoms with van der Waals surface area (Å²) in [6, 6.07) is 15.5. The molecule has 0 radical (unpaired) electrons. The number of benzene rings is 2. The third-order valence-corrected chi connectivity index (χ3v) is 3.52. The van der Waals surface area contributed by atoms with Crippen LogP contribution in [-0.4, -0.2) is 18.8 Å². The Morgan fingerprint density at radius 3 is 2.17 bits per heavy atom. The van der Waals surface area contributed by atoms with Crippen LogP contribution in [0.2, 0.25) is 0 Å². The van der Waals surface area contributed by atoms with Crippen LogP contribution in [0.4, 0.5) is 5.69 Å². The average Bonchev–Trinajstić information content (AvgIpc) is 2.53. The molecule has 0 fully saturated rings. The van der Waals surface area contributed by atoms with Gasteiger partial charge in [-0.15, -0.1) is 0 Å². The summed E-state index contributed by atoms with van der Waals surface area (Å²) in [6.45, 7) is 8.76. The van der Waals surface area contributed by atoms with Gasteiger partial charge in [-0.05, 0) is 47.7 Å². The maximum absolute atomic E-state index is 11.6. The van der Waals surface area contributed by atoms with Crippen LogP contribution in [0.1, 0.15) is 49.2 Å². The molecule has 0 spiro atoms. The Labute approximate surface area is 138 Å². The highest BCUT2D eigenvalue weighted by Gasteiger charge is 2.12. The van der Waals surface area contributed by atoms with E-state index in [-0.39, 0.29) is 11.4 Å². The van der Waals surface area contributed by atoms with Crippen LogP contribution < -0.4 is 0 Å². The largest absolute Gasteiger partial charge is 0.462 e. The van der Waals surface area contributed by atoms with E-state index >= 15 is 0 Å². The highest BCUT2D eigenvalue weighted by molar-refractivity contribution is 5.90. The highest BCUT2D eigenvalue weighted by atomic mass is 16.5. The summed E-state index contributed by atoms with van der Waals surface area (Å²) in [7, 11) is 0. The molecule has 120 valence electrons. The summed E-state index contributed by atoms with van der Waals surface area (Å²) in [4.78, 5) is 16.0. The number of esters is 1. The molecule has 0 aromatic heterocycles. The van der Waals surface area contributed by atoms with Crippen molar-refractivity contribution in [3.8, 4) is 0 Å². The normalized spacial score (nSPS) is 11.7. The summed E-state index contributed by atoms with van der Waals surface area (Å²) >= 11 is 0. The van der Waals surface area contributed by atoms with Gasteiger partial charge in [0.15, 0.2) is 0 Å². The van der Waals surface area contributed by atoms with Crippen LogP contribution in [0.25, 0.3) is 0 Å². The lowest BCUT2D eigenvalue weighted by Gasteiger charge is -2.18. The fourth-order valence-electron chi connectivity index (χ4n) is 2.12. The first-order valence-corrected chi connectivity index (χ1v) is 7.82. The van der Waals surface area contributed by atoms with Crippen molar-refractivity contribution in [1.82, 2.24) is 0 Å². The molecule has 0 bridgehead atoms. The molecule has 2 aromatic carbocycles. The van der Waals surface area contributed by atoms with Gasteiger partial charge in [0.2, 0.25) is 0 Å². The van der Waals surface area contributed by atoms with E-state index in [2.05, 4.69) is 50.0 Å².